The van der Waals surface area contributed by atoms with Crippen molar-refractivity contribution in [2.45, 2.75) is 25.8 Å². The predicted molar refractivity (Wildman–Crippen MR) is 78.9 cm³/mol. The van der Waals surface area contributed by atoms with Crippen molar-refractivity contribution < 1.29 is 19.1 Å². The van der Waals surface area contributed by atoms with E-state index in [0.717, 1.165) is 18.4 Å². The fourth-order valence-electron chi connectivity index (χ4n) is 1.73. The Balaban J connectivity index is 1.83. The van der Waals surface area contributed by atoms with Gasteiger partial charge in [-0.1, -0.05) is 5.16 Å². The summed E-state index contributed by atoms with van der Waals surface area (Å²) in [5.74, 6) is 1.17. The highest BCUT2D eigenvalue weighted by atomic mass is 16.6. The minimum absolute atomic E-state index is 0.0683. The molecule has 0 unspecified atom stereocenters. The second-order valence-corrected chi connectivity index (χ2v) is 4.69. The molecule has 1 aromatic rings. The number of amides is 1. The number of carbonyl (C=O) groups excluding carboxylic acids is 1. The zero-order valence-electron chi connectivity index (χ0n) is 12.3. The lowest BCUT2D eigenvalue weighted by atomic mass is 10.2. The largest absolute Gasteiger partial charge is 0.493 e. The number of hydrogen-bond acceptors (Lipinski definition) is 5. The highest BCUT2D eigenvalue weighted by molar-refractivity contribution is 5.81. The van der Waals surface area contributed by atoms with Crippen molar-refractivity contribution >= 4 is 12.1 Å². The third kappa shape index (κ3) is 4.98. The molecule has 21 heavy (non-hydrogen) atoms. The average Bonchev–Trinajstić information content (AvgIpc) is 3.29. The van der Waals surface area contributed by atoms with Crippen LogP contribution < -0.4 is 14.8 Å². The molecule has 6 nitrogen and oxygen atoms in total. The minimum atomic E-state index is -0.140. The van der Waals surface area contributed by atoms with Gasteiger partial charge < -0.3 is 19.6 Å². The molecule has 1 aliphatic rings. The zero-order chi connectivity index (χ0) is 15.1. The number of benzene rings is 1. The maximum absolute atomic E-state index is 11.4. The van der Waals surface area contributed by atoms with E-state index in [0.29, 0.717) is 24.1 Å². The molecule has 6 heteroatoms. The number of methoxy groups -OCH3 is 1. The van der Waals surface area contributed by atoms with E-state index < -0.39 is 0 Å². The van der Waals surface area contributed by atoms with Crippen LogP contribution in [0.5, 0.6) is 11.5 Å². The van der Waals surface area contributed by atoms with Crippen LogP contribution in [0.3, 0.4) is 0 Å². The molecule has 1 aromatic carbocycles. The van der Waals surface area contributed by atoms with Crippen LogP contribution in [-0.2, 0) is 9.63 Å². The van der Waals surface area contributed by atoms with E-state index >= 15 is 0 Å². The van der Waals surface area contributed by atoms with Crippen molar-refractivity contribution in [1.29, 1.82) is 0 Å². The molecule has 1 N–H and O–H groups in total. The summed E-state index contributed by atoms with van der Waals surface area (Å²) in [4.78, 5) is 16.3. The van der Waals surface area contributed by atoms with Gasteiger partial charge in [0.25, 0.3) is 5.91 Å². The number of ether oxygens (including phenoxy) is 2. The summed E-state index contributed by atoms with van der Waals surface area (Å²) in [6, 6.07) is 5.77. The quantitative estimate of drug-likeness (QED) is 0.585. The summed E-state index contributed by atoms with van der Waals surface area (Å²) in [5, 5.41) is 6.60. The van der Waals surface area contributed by atoms with Gasteiger partial charge in [-0.25, -0.2) is 0 Å². The van der Waals surface area contributed by atoms with E-state index in [1.165, 1.54) is 6.21 Å². The standard InChI is InChI=1S/C15H20N2O4/c1-3-20-13-7-4-11(8-14(13)19-2)9-16-21-10-15(18)17-12-5-6-12/h4,7-9,12H,3,5-6,10H2,1-2H3,(H,17,18)/b16-9+. The Morgan fingerprint density at radius 2 is 2.24 bits per heavy atom. The number of rotatable bonds is 8. The van der Waals surface area contributed by atoms with E-state index in [9.17, 15) is 4.79 Å². The molecule has 0 spiro atoms. The molecule has 0 aromatic heterocycles. The molecule has 0 atom stereocenters. The van der Waals surface area contributed by atoms with Crippen molar-refractivity contribution in [3.63, 3.8) is 0 Å². The van der Waals surface area contributed by atoms with Crippen LogP contribution in [0.2, 0.25) is 0 Å². The van der Waals surface area contributed by atoms with Crippen LogP contribution >= 0.6 is 0 Å². The SMILES string of the molecule is CCOc1ccc(/C=N/OCC(=O)NC2CC2)cc1OC. The summed E-state index contributed by atoms with van der Waals surface area (Å²) in [7, 11) is 1.58. The van der Waals surface area contributed by atoms with Crippen molar-refractivity contribution in [2.24, 2.45) is 5.16 Å². The van der Waals surface area contributed by atoms with Gasteiger partial charge in [0.1, 0.15) is 0 Å². The maximum Gasteiger partial charge on any atom is 0.260 e. The van der Waals surface area contributed by atoms with Crippen molar-refractivity contribution in [1.82, 2.24) is 5.32 Å². The van der Waals surface area contributed by atoms with Crippen molar-refractivity contribution in [2.75, 3.05) is 20.3 Å². The van der Waals surface area contributed by atoms with Crippen LogP contribution in [0.15, 0.2) is 23.4 Å². The Bertz CT molecular complexity index is 512. The van der Waals surface area contributed by atoms with Crippen LogP contribution in [0, 0.1) is 0 Å². The van der Waals surface area contributed by atoms with Crippen molar-refractivity contribution in [3.8, 4) is 11.5 Å². The average molecular weight is 292 g/mol. The van der Waals surface area contributed by atoms with Crippen LogP contribution in [-0.4, -0.2) is 38.5 Å². The molecule has 2 rings (SSSR count). The van der Waals surface area contributed by atoms with E-state index in [4.69, 9.17) is 14.3 Å². The fourth-order valence-corrected chi connectivity index (χ4v) is 1.73. The highest BCUT2D eigenvalue weighted by Crippen LogP contribution is 2.27. The Hall–Kier alpha value is -2.24. The van der Waals surface area contributed by atoms with E-state index in [-0.39, 0.29) is 12.5 Å². The second-order valence-electron chi connectivity index (χ2n) is 4.69. The molecule has 0 bridgehead atoms. The van der Waals surface area contributed by atoms with Crippen LogP contribution in [0.1, 0.15) is 25.3 Å². The molecule has 1 fully saturated rings. The molecule has 0 saturated heterocycles. The second kappa shape index (κ2) is 7.52. The predicted octanol–water partition coefficient (Wildman–Crippen LogP) is 1.72. The summed E-state index contributed by atoms with van der Waals surface area (Å²) in [6.45, 7) is 2.42. The van der Waals surface area contributed by atoms with Gasteiger partial charge in [-0.05, 0) is 38.0 Å². The molecule has 0 aliphatic heterocycles. The van der Waals surface area contributed by atoms with Crippen molar-refractivity contribution in [3.05, 3.63) is 23.8 Å². The van der Waals surface area contributed by atoms with E-state index in [1.807, 2.05) is 19.1 Å². The summed E-state index contributed by atoms with van der Waals surface area (Å²) in [5.41, 5.74) is 0.804. The number of oxime groups is 1. The molecule has 0 heterocycles. The molecular formula is C15H20N2O4. The first-order valence-corrected chi connectivity index (χ1v) is 6.98. The summed E-state index contributed by atoms with van der Waals surface area (Å²) < 4.78 is 10.7. The first-order valence-electron chi connectivity index (χ1n) is 6.98. The first kappa shape index (κ1) is 15.2. The van der Waals surface area contributed by atoms with Gasteiger partial charge in [0.2, 0.25) is 0 Å². The lowest BCUT2D eigenvalue weighted by Gasteiger charge is -2.09. The third-order valence-electron chi connectivity index (χ3n) is 2.90. The normalized spacial score (nSPS) is 14.0. The summed E-state index contributed by atoms with van der Waals surface area (Å²) in [6.07, 6.45) is 3.64. The van der Waals surface area contributed by atoms with Gasteiger partial charge in [0.15, 0.2) is 18.1 Å². The maximum atomic E-state index is 11.4. The van der Waals surface area contributed by atoms with Gasteiger partial charge in [-0.15, -0.1) is 0 Å². The Kier molecular flexibility index (Phi) is 5.43. The molecule has 1 saturated carbocycles. The topological polar surface area (TPSA) is 69.2 Å². The Morgan fingerprint density at radius 1 is 1.43 bits per heavy atom. The number of nitrogens with one attached hydrogen (secondary N) is 1. The zero-order valence-corrected chi connectivity index (χ0v) is 12.3. The fraction of sp³-hybridized carbons (Fsp3) is 0.467. The van der Waals surface area contributed by atoms with E-state index in [1.54, 1.807) is 13.2 Å². The lowest BCUT2D eigenvalue weighted by Crippen LogP contribution is -2.28. The molecule has 1 amide bonds. The Labute approximate surface area is 124 Å². The van der Waals surface area contributed by atoms with Gasteiger partial charge in [-0.3, -0.25) is 4.79 Å². The Morgan fingerprint density at radius 3 is 2.90 bits per heavy atom. The smallest absolute Gasteiger partial charge is 0.260 e. The third-order valence-corrected chi connectivity index (χ3v) is 2.90. The monoisotopic (exact) mass is 292 g/mol. The lowest BCUT2D eigenvalue weighted by molar-refractivity contribution is -0.125. The summed E-state index contributed by atoms with van der Waals surface area (Å²) >= 11 is 0. The molecular weight excluding hydrogens is 272 g/mol. The van der Waals surface area contributed by atoms with Crippen LogP contribution in [0.4, 0.5) is 0 Å². The minimum Gasteiger partial charge on any atom is -0.493 e. The highest BCUT2D eigenvalue weighted by Gasteiger charge is 2.23. The number of nitrogens with zero attached hydrogens (tertiary/aromatic N) is 1. The first-order chi connectivity index (χ1) is 10.2. The van der Waals surface area contributed by atoms with Gasteiger partial charge in [0, 0.05) is 11.6 Å². The molecule has 114 valence electrons. The van der Waals surface area contributed by atoms with Crippen LogP contribution in [0.25, 0.3) is 0 Å². The van der Waals surface area contributed by atoms with Gasteiger partial charge in [0.05, 0.1) is 19.9 Å². The van der Waals surface area contributed by atoms with Gasteiger partial charge in [-0.2, -0.15) is 0 Å². The van der Waals surface area contributed by atoms with Gasteiger partial charge >= 0.3 is 0 Å². The molecule has 0 radical (unpaired) electrons. The molecule has 1 aliphatic carbocycles. The number of hydrogen-bond donors (Lipinski definition) is 1. The number of carbonyl (C=O) groups is 1. The van der Waals surface area contributed by atoms with E-state index in [2.05, 4.69) is 10.5 Å².